The van der Waals surface area contributed by atoms with E-state index in [0.717, 1.165) is 12.8 Å². The summed E-state index contributed by atoms with van der Waals surface area (Å²) in [5.74, 6) is 0. The van der Waals surface area contributed by atoms with Crippen LogP contribution < -0.4 is 0 Å². The molecule has 2 aliphatic rings. The van der Waals surface area contributed by atoms with Gasteiger partial charge in [-0.05, 0) is 25.0 Å². The zero-order chi connectivity index (χ0) is 15.7. The standard InChI is InChI=1S/C14H17Cl2NO4S/c15-10-4-3-5-11(16)13(10)22(18,19)17-7-2-1-6-12(17)14-20-8-9-21-14/h3-5,12,14H,1-2,6-9H2. The Morgan fingerprint density at radius 2 is 1.73 bits per heavy atom. The van der Waals surface area contributed by atoms with Gasteiger partial charge in [-0.1, -0.05) is 35.7 Å². The fourth-order valence-corrected chi connectivity index (χ4v) is 5.72. The normalized spacial score (nSPS) is 24.7. The molecule has 5 nitrogen and oxygen atoms in total. The third kappa shape index (κ3) is 3.00. The van der Waals surface area contributed by atoms with Crippen molar-refractivity contribution in [3.05, 3.63) is 28.2 Å². The van der Waals surface area contributed by atoms with Crippen molar-refractivity contribution in [3.8, 4) is 0 Å². The summed E-state index contributed by atoms with van der Waals surface area (Å²) < 4.78 is 38.6. The van der Waals surface area contributed by atoms with E-state index in [2.05, 4.69) is 0 Å². The molecule has 0 saturated carbocycles. The molecule has 0 bridgehead atoms. The minimum atomic E-state index is -3.80. The Hall–Kier alpha value is -0.370. The average Bonchev–Trinajstić information content (AvgIpc) is 3.01. The second-order valence-electron chi connectivity index (χ2n) is 5.34. The van der Waals surface area contributed by atoms with Gasteiger partial charge in [0.1, 0.15) is 4.90 Å². The number of sulfonamides is 1. The first-order chi connectivity index (χ1) is 10.5. The van der Waals surface area contributed by atoms with E-state index in [9.17, 15) is 8.42 Å². The summed E-state index contributed by atoms with van der Waals surface area (Å²) in [7, 11) is -3.80. The Morgan fingerprint density at radius 3 is 2.36 bits per heavy atom. The zero-order valence-electron chi connectivity index (χ0n) is 11.9. The number of benzene rings is 1. The largest absolute Gasteiger partial charge is 0.349 e. The maximum atomic E-state index is 13.0. The van der Waals surface area contributed by atoms with Crippen LogP contribution in [0.4, 0.5) is 0 Å². The summed E-state index contributed by atoms with van der Waals surface area (Å²) >= 11 is 12.2. The number of rotatable bonds is 3. The quantitative estimate of drug-likeness (QED) is 0.826. The highest BCUT2D eigenvalue weighted by molar-refractivity contribution is 7.89. The molecule has 0 radical (unpaired) electrons. The fourth-order valence-electron chi connectivity index (χ4n) is 2.95. The van der Waals surface area contributed by atoms with Gasteiger partial charge in [-0.15, -0.1) is 0 Å². The third-order valence-corrected chi connectivity index (χ3v) is 6.83. The molecule has 2 saturated heterocycles. The van der Waals surface area contributed by atoms with Gasteiger partial charge in [0.2, 0.25) is 10.0 Å². The first-order valence-corrected chi connectivity index (χ1v) is 9.40. The summed E-state index contributed by atoms with van der Waals surface area (Å²) in [6, 6.07) is 4.35. The molecule has 0 amide bonds. The van der Waals surface area contributed by atoms with Crippen LogP contribution >= 0.6 is 23.2 Å². The Labute approximate surface area is 140 Å². The van der Waals surface area contributed by atoms with Crippen LogP contribution in [0, 0.1) is 0 Å². The summed E-state index contributed by atoms with van der Waals surface area (Å²) in [5, 5.41) is 0.259. The monoisotopic (exact) mass is 365 g/mol. The molecule has 8 heteroatoms. The van der Waals surface area contributed by atoms with Crippen LogP contribution in [-0.4, -0.2) is 44.8 Å². The van der Waals surface area contributed by atoms with E-state index in [0.29, 0.717) is 26.2 Å². The average molecular weight is 366 g/mol. The molecule has 1 aromatic carbocycles. The topological polar surface area (TPSA) is 55.8 Å². The highest BCUT2D eigenvalue weighted by Crippen LogP contribution is 2.35. The van der Waals surface area contributed by atoms with Crippen molar-refractivity contribution in [3.63, 3.8) is 0 Å². The van der Waals surface area contributed by atoms with Gasteiger partial charge in [-0.3, -0.25) is 0 Å². The van der Waals surface area contributed by atoms with Crippen molar-refractivity contribution in [2.75, 3.05) is 19.8 Å². The predicted octanol–water partition coefficient (Wildman–Crippen LogP) is 2.91. The van der Waals surface area contributed by atoms with Gasteiger partial charge in [0, 0.05) is 6.54 Å². The molecule has 0 aromatic heterocycles. The molecule has 0 spiro atoms. The Balaban J connectivity index is 1.98. The van der Waals surface area contributed by atoms with E-state index < -0.39 is 16.3 Å². The van der Waals surface area contributed by atoms with Gasteiger partial charge in [0.25, 0.3) is 0 Å². The molecule has 22 heavy (non-hydrogen) atoms. The first-order valence-electron chi connectivity index (χ1n) is 7.21. The van der Waals surface area contributed by atoms with Gasteiger partial charge < -0.3 is 9.47 Å². The van der Waals surface area contributed by atoms with Gasteiger partial charge in [0.15, 0.2) is 6.29 Å². The van der Waals surface area contributed by atoms with Crippen molar-refractivity contribution in [1.29, 1.82) is 0 Å². The molecule has 1 unspecified atom stereocenters. The molecule has 2 fully saturated rings. The number of hydrogen-bond donors (Lipinski definition) is 0. The van der Waals surface area contributed by atoms with E-state index >= 15 is 0 Å². The van der Waals surface area contributed by atoms with Crippen LogP contribution in [0.1, 0.15) is 19.3 Å². The molecule has 1 aromatic rings. The van der Waals surface area contributed by atoms with Crippen molar-refractivity contribution >= 4 is 33.2 Å². The predicted molar refractivity (Wildman–Crippen MR) is 83.7 cm³/mol. The number of piperidine rings is 1. The van der Waals surface area contributed by atoms with Crippen molar-refractivity contribution in [1.82, 2.24) is 4.31 Å². The van der Waals surface area contributed by atoms with Crippen LogP contribution in [-0.2, 0) is 19.5 Å². The molecular weight excluding hydrogens is 349 g/mol. The fraction of sp³-hybridized carbons (Fsp3) is 0.571. The van der Waals surface area contributed by atoms with Crippen LogP contribution in [0.15, 0.2) is 23.1 Å². The molecule has 2 aliphatic heterocycles. The Kier molecular flexibility index (Phi) is 4.97. The lowest BCUT2D eigenvalue weighted by Gasteiger charge is -2.37. The highest BCUT2D eigenvalue weighted by atomic mass is 35.5. The molecule has 0 N–H and O–H groups in total. The molecule has 0 aliphatic carbocycles. The van der Waals surface area contributed by atoms with Gasteiger partial charge in [0.05, 0.1) is 29.3 Å². The first kappa shape index (κ1) is 16.5. The Morgan fingerprint density at radius 1 is 1.09 bits per heavy atom. The summed E-state index contributed by atoms with van der Waals surface area (Å²) in [4.78, 5) is -0.0387. The van der Waals surface area contributed by atoms with E-state index in [1.165, 1.54) is 16.4 Å². The third-order valence-electron chi connectivity index (χ3n) is 3.95. The summed E-state index contributed by atoms with van der Waals surface area (Å²) in [5.41, 5.74) is 0. The lowest BCUT2D eigenvalue weighted by molar-refractivity contribution is -0.0913. The zero-order valence-corrected chi connectivity index (χ0v) is 14.2. The van der Waals surface area contributed by atoms with E-state index in [-0.39, 0.29) is 21.0 Å². The lowest BCUT2D eigenvalue weighted by atomic mass is 10.0. The van der Waals surface area contributed by atoms with E-state index in [4.69, 9.17) is 32.7 Å². The van der Waals surface area contributed by atoms with Crippen molar-refractivity contribution in [2.24, 2.45) is 0 Å². The summed E-state index contributed by atoms with van der Waals surface area (Å²) in [6.07, 6.45) is 1.92. The van der Waals surface area contributed by atoms with Crippen molar-refractivity contribution in [2.45, 2.75) is 36.5 Å². The number of hydrogen-bond acceptors (Lipinski definition) is 4. The smallest absolute Gasteiger partial charge is 0.246 e. The SMILES string of the molecule is O=S(=O)(c1c(Cl)cccc1Cl)N1CCCCC1C1OCCO1. The van der Waals surface area contributed by atoms with Crippen molar-refractivity contribution < 1.29 is 17.9 Å². The summed E-state index contributed by atoms with van der Waals surface area (Å²) in [6.45, 7) is 1.39. The highest BCUT2D eigenvalue weighted by Gasteiger charge is 2.41. The second-order valence-corrected chi connectivity index (χ2v) is 7.98. The van der Waals surface area contributed by atoms with Gasteiger partial charge in [-0.25, -0.2) is 8.42 Å². The van der Waals surface area contributed by atoms with Gasteiger partial charge in [-0.2, -0.15) is 4.31 Å². The number of halogens is 2. The van der Waals surface area contributed by atoms with Crippen LogP contribution in [0.25, 0.3) is 0 Å². The van der Waals surface area contributed by atoms with Crippen LogP contribution in [0.3, 0.4) is 0 Å². The minimum absolute atomic E-state index is 0.0387. The molecule has 1 atom stereocenters. The number of ether oxygens (including phenoxy) is 2. The second kappa shape index (κ2) is 6.63. The lowest BCUT2D eigenvalue weighted by Crippen LogP contribution is -2.50. The van der Waals surface area contributed by atoms with Crippen LogP contribution in [0.2, 0.25) is 10.0 Å². The maximum Gasteiger partial charge on any atom is 0.246 e. The maximum absolute atomic E-state index is 13.0. The molecule has 2 heterocycles. The van der Waals surface area contributed by atoms with Gasteiger partial charge >= 0.3 is 0 Å². The molecular formula is C14H17Cl2NO4S. The van der Waals surface area contributed by atoms with E-state index in [1.54, 1.807) is 6.07 Å². The number of nitrogens with zero attached hydrogens (tertiary/aromatic N) is 1. The van der Waals surface area contributed by atoms with Crippen LogP contribution in [0.5, 0.6) is 0 Å². The molecule has 122 valence electrons. The van der Waals surface area contributed by atoms with E-state index in [1.807, 2.05) is 0 Å². The minimum Gasteiger partial charge on any atom is -0.349 e. The Bertz CT molecular complexity index is 626. The molecule has 3 rings (SSSR count).